The lowest BCUT2D eigenvalue weighted by Crippen LogP contribution is -2.23. The van der Waals surface area contributed by atoms with Gasteiger partial charge in [0, 0.05) is 36.0 Å². The number of nitrogens with one attached hydrogen (secondary N) is 1. The van der Waals surface area contributed by atoms with Crippen molar-refractivity contribution in [2.45, 2.75) is 27.0 Å². The summed E-state index contributed by atoms with van der Waals surface area (Å²) in [5, 5.41) is 3.02. The number of hydrogen-bond donors (Lipinski definition) is 1. The molecule has 0 radical (unpaired) electrons. The van der Waals surface area contributed by atoms with Crippen LogP contribution in [0.2, 0.25) is 0 Å². The third-order valence-electron chi connectivity index (χ3n) is 5.51. The molecule has 1 amide bonds. The van der Waals surface area contributed by atoms with Crippen molar-refractivity contribution in [1.82, 2.24) is 14.9 Å². The van der Waals surface area contributed by atoms with Crippen molar-refractivity contribution in [2.75, 3.05) is 7.11 Å². The van der Waals surface area contributed by atoms with E-state index in [9.17, 15) is 4.79 Å². The lowest BCUT2D eigenvalue weighted by Gasteiger charge is -2.13. The maximum atomic E-state index is 12.9. The van der Waals surface area contributed by atoms with Crippen LogP contribution in [-0.4, -0.2) is 22.6 Å². The Labute approximate surface area is 193 Å². The molecule has 0 atom stereocenters. The largest absolute Gasteiger partial charge is 0.493 e. The quantitative estimate of drug-likeness (QED) is 0.418. The Morgan fingerprint density at radius 3 is 2.42 bits per heavy atom. The molecule has 1 N–H and O–H groups in total. The topological polar surface area (TPSA) is 65.4 Å². The fourth-order valence-electron chi connectivity index (χ4n) is 3.83. The van der Waals surface area contributed by atoms with Gasteiger partial charge >= 0.3 is 0 Å². The maximum Gasteiger partial charge on any atom is 0.253 e. The molecule has 0 unspecified atom stereocenters. The summed E-state index contributed by atoms with van der Waals surface area (Å²) < 4.78 is 13.5. The number of rotatable bonds is 8. The van der Waals surface area contributed by atoms with Gasteiger partial charge < -0.3 is 19.4 Å². The number of nitrogens with zero attached hydrogens (tertiary/aromatic N) is 2. The number of pyridine rings is 1. The van der Waals surface area contributed by atoms with Crippen molar-refractivity contribution >= 4 is 5.91 Å². The highest BCUT2D eigenvalue weighted by Gasteiger charge is 2.17. The van der Waals surface area contributed by atoms with Gasteiger partial charge in [-0.1, -0.05) is 24.3 Å². The summed E-state index contributed by atoms with van der Waals surface area (Å²) in [7, 11) is 1.61. The predicted molar refractivity (Wildman–Crippen MR) is 128 cm³/mol. The van der Waals surface area contributed by atoms with E-state index < -0.39 is 0 Å². The van der Waals surface area contributed by atoms with Gasteiger partial charge in [-0.3, -0.25) is 9.78 Å². The first-order valence-corrected chi connectivity index (χ1v) is 10.8. The van der Waals surface area contributed by atoms with Crippen molar-refractivity contribution in [3.05, 3.63) is 107 Å². The highest BCUT2D eigenvalue weighted by atomic mass is 16.5. The van der Waals surface area contributed by atoms with Gasteiger partial charge in [-0.2, -0.15) is 0 Å². The SMILES string of the molecule is COc1cc(CNC(=O)c2cc(C)n(-c3ccccc3)c2C)ccc1OCc1ccncc1. The predicted octanol–water partition coefficient (Wildman–Crippen LogP) is 5.01. The summed E-state index contributed by atoms with van der Waals surface area (Å²) in [5.41, 5.74) is 5.58. The summed E-state index contributed by atoms with van der Waals surface area (Å²) in [6, 6.07) is 21.5. The fourth-order valence-corrected chi connectivity index (χ4v) is 3.83. The zero-order chi connectivity index (χ0) is 23.2. The second kappa shape index (κ2) is 10.0. The molecule has 2 heterocycles. The van der Waals surface area contributed by atoms with Crippen molar-refractivity contribution in [1.29, 1.82) is 0 Å². The van der Waals surface area contributed by atoms with Crippen LogP contribution in [0, 0.1) is 13.8 Å². The number of methoxy groups -OCH3 is 1. The van der Waals surface area contributed by atoms with Crippen LogP contribution in [0.3, 0.4) is 0 Å². The van der Waals surface area contributed by atoms with E-state index in [1.54, 1.807) is 19.5 Å². The summed E-state index contributed by atoms with van der Waals surface area (Å²) in [6.07, 6.45) is 3.47. The third-order valence-corrected chi connectivity index (χ3v) is 5.51. The molecule has 0 fully saturated rings. The van der Waals surface area contributed by atoms with E-state index in [1.807, 2.05) is 80.6 Å². The average Bonchev–Trinajstić information content (AvgIpc) is 3.16. The first kappa shape index (κ1) is 22.1. The average molecular weight is 442 g/mol. The Bertz CT molecular complexity index is 1230. The van der Waals surface area contributed by atoms with Gasteiger partial charge in [0.05, 0.1) is 12.7 Å². The minimum Gasteiger partial charge on any atom is -0.493 e. The minimum absolute atomic E-state index is 0.109. The molecule has 0 aliphatic rings. The van der Waals surface area contributed by atoms with Crippen LogP contribution >= 0.6 is 0 Å². The van der Waals surface area contributed by atoms with E-state index in [4.69, 9.17) is 9.47 Å². The fraction of sp³-hybridized carbons (Fsp3) is 0.185. The smallest absolute Gasteiger partial charge is 0.253 e. The number of amides is 1. The van der Waals surface area contributed by atoms with Crippen molar-refractivity contribution < 1.29 is 14.3 Å². The van der Waals surface area contributed by atoms with Gasteiger partial charge in [0.2, 0.25) is 0 Å². The van der Waals surface area contributed by atoms with Gasteiger partial charge in [0.25, 0.3) is 5.91 Å². The van der Waals surface area contributed by atoms with Gasteiger partial charge in [-0.05, 0) is 67.4 Å². The number of carbonyl (C=O) groups is 1. The zero-order valence-electron chi connectivity index (χ0n) is 19.0. The molecule has 0 aliphatic carbocycles. The Hall–Kier alpha value is -4.06. The first-order valence-electron chi connectivity index (χ1n) is 10.8. The normalized spacial score (nSPS) is 10.6. The molecule has 0 bridgehead atoms. The van der Waals surface area contributed by atoms with Gasteiger partial charge in [-0.15, -0.1) is 0 Å². The molecule has 2 aromatic carbocycles. The molecule has 6 nitrogen and oxygen atoms in total. The Balaban J connectivity index is 1.43. The van der Waals surface area contributed by atoms with Crippen LogP contribution in [-0.2, 0) is 13.2 Å². The van der Waals surface area contributed by atoms with E-state index in [2.05, 4.69) is 14.9 Å². The monoisotopic (exact) mass is 441 g/mol. The molecule has 4 aromatic rings. The molecular weight excluding hydrogens is 414 g/mol. The van der Waals surface area contributed by atoms with Gasteiger partial charge in [-0.25, -0.2) is 0 Å². The lowest BCUT2D eigenvalue weighted by atomic mass is 10.1. The van der Waals surface area contributed by atoms with Crippen LogP contribution in [0.4, 0.5) is 0 Å². The lowest BCUT2D eigenvalue weighted by molar-refractivity contribution is 0.0950. The first-order chi connectivity index (χ1) is 16.1. The number of aryl methyl sites for hydroxylation is 1. The number of carbonyl (C=O) groups excluding carboxylic acids is 1. The van der Waals surface area contributed by atoms with E-state index in [-0.39, 0.29) is 5.91 Å². The van der Waals surface area contributed by atoms with E-state index >= 15 is 0 Å². The Kier molecular flexibility index (Phi) is 6.74. The summed E-state index contributed by atoms with van der Waals surface area (Å²) >= 11 is 0. The highest BCUT2D eigenvalue weighted by Crippen LogP contribution is 2.29. The van der Waals surface area contributed by atoms with Crippen molar-refractivity contribution in [2.24, 2.45) is 0 Å². The molecule has 0 spiro atoms. The van der Waals surface area contributed by atoms with Crippen LogP contribution < -0.4 is 14.8 Å². The molecule has 6 heteroatoms. The van der Waals surface area contributed by atoms with E-state index in [1.165, 1.54) is 0 Å². The van der Waals surface area contributed by atoms with Crippen LogP contribution in [0.1, 0.15) is 32.9 Å². The Morgan fingerprint density at radius 2 is 1.70 bits per heavy atom. The summed E-state index contributed by atoms with van der Waals surface area (Å²) in [6.45, 7) is 4.78. The van der Waals surface area contributed by atoms with Gasteiger partial charge in [0.15, 0.2) is 11.5 Å². The summed E-state index contributed by atoms with van der Waals surface area (Å²) in [5.74, 6) is 1.16. The standard InChI is InChI=1S/C27H27N3O3/c1-19-15-24(20(2)30(19)23-7-5-4-6-8-23)27(31)29-17-22-9-10-25(26(16-22)32-3)33-18-21-11-13-28-14-12-21/h4-16H,17-18H2,1-3H3,(H,29,31). The van der Waals surface area contributed by atoms with Crippen molar-refractivity contribution in [3.63, 3.8) is 0 Å². The molecule has 0 saturated carbocycles. The number of ether oxygens (including phenoxy) is 2. The molecule has 33 heavy (non-hydrogen) atoms. The minimum atomic E-state index is -0.109. The van der Waals surface area contributed by atoms with Gasteiger partial charge in [0.1, 0.15) is 6.61 Å². The molecule has 4 rings (SSSR count). The Morgan fingerprint density at radius 1 is 0.939 bits per heavy atom. The third kappa shape index (κ3) is 5.06. The number of benzene rings is 2. The van der Waals surface area contributed by atoms with Crippen molar-refractivity contribution in [3.8, 4) is 17.2 Å². The second-order valence-electron chi connectivity index (χ2n) is 7.77. The molecular formula is C27H27N3O3. The van der Waals surface area contributed by atoms with Crippen LogP contribution in [0.15, 0.2) is 79.1 Å². The zero-order valence-corrected chi connectivity index (χ0v) is 19.0. The number of hydrogen-bond acceptors (Lipinski definition) is 4. The summed E-state index contributed by atoms with van der Waals surface area (Å²) in [4.78, 5) is 16.9. The molecule has 0 saturated heterocycles. The highest BCUT2D eigenvalue weighted by molar-refractivity contribution is 5.95. The molecule has 0 aliphatic heterocycles. The molecule has 2 aromatic heterocycles. The number of aromatic nitrogens is 2. The second-order valence-corrected chi connectivity index (χ2v) is 7.77. The van der Waals surface area contributed by atoms with Crippen LogP contribution in [0.25, 0.3) is 5.69 Å². The van der Waals surface area contributed by atoms with E-state index in [0.717, 1.165) is 28.2 Å². The maximum absolute atomic E-state index is 12.9. The van der Waals surface area contributed by atoms with Crippen LogP contribution in [0.5, 0.6) is 11.5 Å². The van der Waals surface area contributed by atoms with E-state index in [0.29, 0.717) is 30.2 Å². The molecule has 168 valence electrons. The number of para-hydroxylation sites is 1.